The Labute approximate surface area is 176 Å². The van der Waals surface area contributed by atoms with E-state index in [1.54, 1.807) is 24.1 Å². The minimum absolute atomic E-state index is 0.0803. The number of fused-ring (bicyclic) bond motifs is 1. The molecule has 0 N–H and O–H groups in total. The van der Waals surface area contributed by atoms with Crippen LogP contribution in [-0.2, 0) is 17.9 Å². The highest BCUT2D eigenvalue weighted by molar-refractivity contribution is 5.91. The smallest absolute Gasteiger partial charge is 0.246 e. The van der Waals surface area contributed by atoms with E-state index >= 15 is 0 Å². The minimum Gasteiger partial charge on any atom is -0.489 e. The molecule has 0 aliphatic carbocycles. The molecule has 0 unspecified atom stereocenters. The van der Waals surface area contributed by atoms with Gasteiger partial charge < -0.3 is 19.1 Å². The van der Waals surface area contributed by atoms with Crippen molar-refractivity contribution in [1.82, 2.24) is 4.90 Å². The Bertz CT molecular complexity index is 1050. The van der Waals surface area contributed by atoms with E-state index in [2.05, 4.69) is 0 Å². The van der Waals surface area contributed by atoms with Gasteiger partial charge >= 0.3 is 0 Å². The molecule has 3 aromatic carbocycles. The van der Waals surface area contributed by atoms with Crippen molar-refractivity contribution in [1.29, 1.82) is 0 Å². The van der Waals surface area contributed by atoms with Gasteiger partial charge in [-0.3, -0.25) is 4.79 Å². The van der Waals surface area contributed by atoms with Gasteiger partial charge in [-0.15, -0.1) is 0 Å². The van der Waals surface area contributed by atoms with Gasteiger partial charge in [0.15, 0.2) is 11.5 Å². The first-order valence-electron chi connectivity index (χ1n) is 9.76. The van der Waals surface area contributed by atoms with Crippen molar-refractivity contribution in [2.45, 2.75) is 13.2 Å². The predicted octanol–water partition coefficient (Wildman–Crippen LogP) is 4.67. The molecule has 5 nitrogen and oxygen atoms in total. The lowest BCUT2D eigenvalue weighted by Gasteiger charge is -2.15. The lowest BCUT2D eigenvalue weighted by Crippen LogP contribution is -2.24. The van der Waals surface area contributed by atoms with E-state index in [1.165, 1.54) is 0 Å². The number of ether oxygens (including phenoxy) is 3. The number of amides is 1. The summed E-state index contributed by atoms with van der Waals surface area (Å²) in [6.45, 7) is 1.23. The summed E-state index contributed by atoms with van der Waals surface area (Å²) in [5.74, 6) is 2.14. The van der Waals surface area contributed by atoms with Crippen LogP contribution in [0.1, 0.15) is 16.7 Å². The molecule has 0 radical (unpaired) electrons. The van der Waals surface area contributed by atoms with Gasteiger partial charge in [-0.2, -0.15) is 0 Å². The van der Waals surface area contributed by atoms with Crippen molar-refractivity contribution >= 4 is 12.0 Å². The van der Waals surface area contributed by atoms with Crippen LogP contribution in [-0.4, -0.2) is 24.6 Å². The van der Waals surface area contributed by atoms with Gasteiger partial charge in [-0.05, 0) is 47.0 Å². The quantitative estimate of drug-likeness (QED) is 0.540. The highest BCUT2D eigenvalue weighted by Crippen LogP contribution is 2.32. The third kappa shape index (κ3) is 5.00. The molecule has 1 heterocycles. The zero-order valence-electron chi connectivity index (χ0n) is 16.8. The van der Waals surface area contributed by atoms with E-state index in [4.69, 9.17) is 14.2 Å². The second-order valence-corrected chi connectivity index (χ2v) is 7.06. The lowest BCUT2D eigenvalue weighted by atomic mass is 10.1. The summed E-state index contributed by atoms with van der Waals surface area (Å²) in [5.41, 5.74) is 3.00. The Kier molecular flexibility index (Phi) is 5.99. The number of likely N-dealkylation sites (N-methyl/N-ethyl adjacent to an activating group) is 1. The molecule has 1 aliphatic heterocycles. The molecule has 3 aromatic rings. The van der Waals surface area contributed by atoms with Gasteiger partial charge in [0, 0.05) is 19.7 Å². The van der Waals surface area contributed by atoms with E-state index in [9.17, 15) is 4.79 Å². The number of nitrogens with zero attached hydrogens (tertiary/aromatic N) is 1. The second-order valence-electron chi connectivity index (χ2n) is 7.06. The highest BCUT2D eigenvalue weighted by Gasteiger charge is 2.14. The summed E-state index contributed by atoms with van der Waals surface area (Å²) >= 11 is 0. The number of rotatable bonds is 7. The molecule has 0 saturated carbocycles. The van der Waals surface area contributed by atoms with E-state index in [0.717, 1.165) is 33.9 Å². The fourth-order valence-electron chi connectivity index (χ4n) is 3.13. The maximum absolute atomic E-state index is 12.5. The van der Waals surface area contributed by atoms with E-state index in [0.29, 0.717) is 13.2 Å². The number of carbonyl (C=O) groups is 1. The van der Waals surface area contributed by atoms with Gasteiger partial charge in [0.05, 0.1) is 0 Å². The Morgan fingerprint density at radius 3 is 2.67 bits per heavy atom. The minimum atomic E-state index is -0.0803. The third-order valence-electron chi connectivity index (χ3n) is 4.76. The van der Waals surface area contributed by atoms with Crippen molar-refractivity contribution < 1.29 is 19.0 Å². The molecular formula is C25H23NO4. The fourth-order valence-corrected chi connectivity index (χ4v) is 3.13. The number of hydrogen-bond donors (Lipinski definition) is 0. The van der Waals surface area contributed by atoms with Gasteiger partial charge in [-0.25, -0.2) is 0 Å². The lowest BCUT2D eigenvalue weighted by molar-refractivity contribution is -0.125. The van der Waals surface area contributed by atoms with Crippen LogP contribution in [0.25, 0.3) is 6.08 Å². The Balaban J connectivity index is 1.34. The molecule has 0 atom stereocenters. The summed E-state index contributed by atoms with van der Waals surface area (Å²) in [6.07, 6.45) is 3.37. The number of carbonyl (C=O) groups excluding carboxylic acids is 1. The first kappa shape index (κ1) is 19.6. The molecule has 1 amide bonds. The van der Waals surface area contributed by atoms with Crippen LogP contribution in [0.3, 0.4) is 0 Å². The summed E-state index contributed by atoms with van der Waals surface area (Å²) < 4.78 is 16.6. The maximum atomic E-state index is 12.5. The zero-order valence-corrected chi connectivity index (χ0v) is 16.8. The normalized spacial score (nSPS) is 12.2. The summed E-state index contributed by atoms with van der Waals surface area (Å²) in [5, 5.41) is 0. The van der Waals surface area contributed by atoms with Gasteiger partial charge in [0.2, 0.25) is 12.7 Å². The van der Waals surface area contributed by atoms with Crippen molar-refractivity contribution in [3.05, 3.63) is 95.6 Å². The van der Waals surface area contributed by atoms with Crippen LogP contribution in [0.2, 0.25) is 0 Å². The predicted molar refractivity (Wildman–Crippen MR) is 115 cm³/mol. The Morgan fingerprint density at radius 2 is 1.80 bits per heavy atom. The molecule has 0 fully saturated rings. The highest BCUT2D eigenvalue weighted by atomic mass is 16.7. The topological polar surface area (TPSA) is 48.0 Å². The van der Waals surface area contributed by atoms with Crippen LogP contribution in [0.15, 0.2) is 78.9 Å². The zero-order chi connectivity index (χ0) is 20.8. The summed E-state index contributed by atoms with van der Waals surface area (Å²) in [7, 11) is 1.77. The standard InChI is InChI=1S/C25H23NO4/c1-26(16-21-10-12-23-24(15-21)30-18-29-23)25(27)13-11-19-8-5-9-22(14-19)28-17-20-6-3-2-4-7-20/h2-15H,16-18H2,1H3/b13-11+. The van der Waals surface area contributed by atoms with E-state index in [-0.39, 0.29) is 12.7 Å². The van der Waals surface area contributed by atoms with Crippen LogP contribution < -0.4 is 14.2 Å². The Hall–Kier alpha value is -3.73. The number of hydrogen-bond acceptors (Lipinski definition) is 4. The van der Waals surface area contributed by atoms with E-state index in [1.807, 2.05) is 72.8 Å². The van der Waals surface area contributed by atoms with Crippen LogP contribution in [0.4, 0.5) is 0 Å². The first-order chi connectivity index (χ1) is 14.7. The van der Waals surface area contributed by atoms with Gasteiger partial charge in [0.1, 0.15) is 12.4 Å². The average molecular weight is 401 g/mol. The molecule has 152 valence electrons. The monoisotopic (exact) mass is 401 g/mol. The van der Waals surface area contributed by atoms with Gasteiger partial charge in [0.25, 0.3) is 0 Å². The summed E-state index contributed by atoms with van der Waals surface area (Å²) in [4.78, 5) is 14.2. The molecule has 5 heteroatoms. The van der Waals surface area contributed by atoms with Gasteiger partial charge in [-0.1, -0.05) is 48.5 Å². The summed E-state index contributed by atoms with van der Waals surface area (Å²) in [6, 6.07) is 23.4. The SMILES string of the molecule is CN(Cc1ccc2c(c1)OCO2)C(=O)/C=C/c1cccc(OCc2ccccc2)c1. The van der Waals surface area contributed by atoms with Crippen molar-refractivity contribution in [3.63, 3.8) is 0 Å². The fraction of sp³-hybridized carbons (Fsp3) is 0.160. The molecule has 0 saturated heterocycles. The first-order valence-corrected chi connectivity index (χ1v) is 9.76. The van der Waals surface area contributed by atoms with Crippen molar-refractivity contribution in [2.24, 2.45) is 0 Å². The van der Waals surface area contributed by atoms with Crippen molar-refractivity contribution in [2.75, 3.05) is 13.8 Å². The third-order valence-corrected chi connectivity index (χ3v) is 4.76. The molecule has 0 spiro atoms. The number of benzene rings is 3. The molecule has 1 aliphatic rings. The average Bonchev–Trinajstić information content (AvgIpc) is 3.25. The van der Waals surface area contributed by atoms with Crippen molar-refractivity contribution in [3.8, 4) is 17.2 Å². The molecule has 30 heavy (non-hydrogen) atoms. The molecule has 4 rings (SSSR count). The second kappa shape index (κ2) is 9.18. The molecular weight excluding hydrogens is 378 g/mol. The van der Waals surface area contributed by atoms with Crippen LogP contribution in [0.5, 0.6) is 17.2 Å². The largest absolute Gasteiger partial charge is 0.489 e. The van der Waals surface area contributed by atoms with E-state index < -0.39 is 0 Å². The van der Waals surface area contributed by atoms with Crippen LogP contribution in [0, 0.1) is 0 Å². The molecule has 0 bridgehead atoms. The van der Waals surface area contributed by atoms with Crippen LogP contribution >= 0.6 is 0 Å². The molecule has 0 aromatic heterocycles. The Morgan fingerprint density at radius 1 is 0.967 bits per heavy atom. The maximum Gasteiger partial charge on any atom is 0.246 e.